The highest BCUT2D eigenvalue weighted by atomic mass is 19.1. The highest BCUT2D eigenvalue weighted by Crippen LogP contribution is 2.38. The Morgan fingerprint density at radius 3 is 2.66 bits per heavy atom. The molecule has 272 valence electrons. The normalized spacial score (nSPS) is 23.9. The number of likely N-dealkylation sites (tertiary alicyclic amines) is 1. The molecule has 2 aliphatic heterocycles. The molecule has 0 radical (unpaired) electrons. The van der Waals surface area contributed by atoms with Crippen LogP contribution in [-0.4, -0.2) is 77.3 Å². The van der Waals surface area contributed by atoms with Gasteiger partial charge in [0.1, 0.15) is 41.0 Å². The summed E-state index contributed by atoms with van der Waals surface area (Å²) in [6.45, 7) is 1.90. The van der Waals surface area contributed by atoms with Crippen LogP contribution in [0.5, 0.6) is 0 Å². The molecule has 3 amide bonds. The number of rotatable bonds is 7. The quantitative estimate of drug-likeness (QED) is 0.235. The summed E-state index contributed by atoms with van der Waals surface area (Å²) in [5.74, 6) is -0.839. The van der Waals surface area contributed by atoms with Crippen molar-refractivity contribution in [3.63, 3.8) is 0 Å². The van der Waals surface area contributed by atoms with Gasteiger partial charge in [0.15, 0.2) is 0 Å². The first-order chi connectivity index (χ1) is 25.7. The summed E-state index contributed by atoms with van der Waals surface area (Å²) in [6.07, 6.45) is 7.44. The fourth-order valence-electron chi connectivity index (χ4n) is 8.44. The fraction of sp³-hybridized carbons (Fsp3) is 0.421. The molecular weight excluding hydrogens is 679 g/mol. The number of para-hydroxylation sites is 1. The number of imide groups is 1. The maximum Gasteiger partial charge on any atom is 0.329 e. The van der Waals surface area contributed by atoms with Gasteiger partial charge in [-0.05, 0) is 80.8 Å². The summed E-state index contributed by atoms with van der Waals surface area (Å²) in [6, 6.07) is 13.4. The third-order valence-electron chi connectivity index (χ3n) is 11.1. The average molecular weight is 719 g/mol. The van der Waals surface area contributed by atoms with Crippen LogP contribution in [0.4, 0.5) is 10.2 Å². The summed E-state index contributed by atoms with van der Waals surface area (Å²) in [4.78, 5) is 61.1. The third-order valence-corrected chi connectivity index (χ3v) is 11.1. The van der Waals surface area contributed by atoms with Crippen LogP contribution in [0.15, 0.2) is 59.7 Å². The number of hydrogen-bond donors (Lipinski definition) is 2. The molecule has 3 atom stereocenters. The number of hydrogen-bond acceptors (Lipinski definition) is 9. The van der Waals surface area contributed by atoms with Crippen LogP contribution in [0.1, 0.15) is 84.7 Å². The summed E-state index contributed by atoms with van der Waals surface area (Å²) in [5.41, 5.74) is 2.68. The van der Waals surface area contributed by atoms with Crippen LogP contribution < -0.4 is 16.3 Å². The number of anilines is 1. The van der Waals surface area contributed by atoms with Gasteiger partial charge in [-0.2, -0.15) is 10.4 Å². The van der Waals surface area contributed by atoms with Gasteiger partial charge >= 0.3 is 5.69 Å². The molecule has 2 saturated heterocycles. The van der Waals surface area contributed by atoms with E-state index in [1.807, 2.05) is 29.1 Å². The molecule has 2 N–H and O–H groups in total. The van der Waals surface area contributed by atoms with Gasteiger partial charge in [0.2, 0.25) is 11.8 Å². The number of fused-ring (bicyclic) bond motifs is 2. The molecule has 3 fully saturated rings. The molecular formula is C38H39FN10O4. The number of aryl methyl sites for hydroxylation is 1. The van der Waals surface area contributed by atoms with Crippen molar-refractivity contribution in [3.8, 4) is 6.07 Å². The molecule has 1 saturated carbocycles. The summed E-state index contributed by atoms with van der Waals surface area (Å²) >= 11 is 0. The van der Waals surface area contributed by atoms with Crippen LogP contribution in [0.3, 0.4) is 0 Å². The van der Waals surface area contributed by atoms with E-state index in [0.717, 1.165) is 55.2 Å². The van der Waals surface area contributed by atoms with E-state index in [-0.39, 0.29) is 47.8 Å². The van der Waals surface area contributed by atoms with Crippen LogP contribution in [0.25, 0.3) is 21.9 Å². The molecule has 14 nitrogen and oxygen atoms in total. The summed E-state index contributed by atoms with van der Waals surface area (Å²) in [5, 5.41) is 19.8. The van der Waals surface area contributed by atoms with E-state index in [1.54, 1.807) is 37.5 Å². The Kier molecular flexibility index (Phi) is 9.07. The number of halogens is 1. The van der Waals surface area contributed by atoms with Crippen LogP contribution >= 0.6 is 0 Å². The van der Waals surface area contributed by atoms with Crippen molar-refractivity contribution in [3.05, 3.63) is 82.3 Å². The maximum absolute atomic E-state index is 16.1. The van der Waals surface area contributed by atoms with Crippen molar-refractivity contribution < 1.29 is 18.8 Å². The molecule has 1 unspecified atom stereocenters. The topological polar surface area (TPSA) is 173 Å². The van der Waals surface area contributed by atoms with E-state index in [1.165, 1.54) is 15.2 Å². The van der Waals surface area contributed by atoms with Crippen molar-refractivity contribution in [1.82, 2.24) is 39.1 Å². The predicted molar refractivity (Wildman–Crippen MR) is 193 cm³/mol. The first-order valence-electron chi connectivity index (χ1n) is 18.1. The summed E-state index contributed by atoms with van der Waals surface area (Å²) < 4.78 is 21.0. The molecule has 1 aromatic carbocycles. The second-order valence-electron chi connectivity index (χ2n) is 14.5. The van der Waals surface area contributed by atoms with E-state index < -0.39 is 24.0 Å². The van der Waals surface area contributed by atoms with Crippen LogP contribution in [0.2, 0.25) is 0 Å². The van der Waals surface area contributed by atoms with Crippen molar-refractivity contribution in [2.75, 3.05) is 25.0 Å². The maximum atomic E-state index is 16.1. The lowest BCUT2D eigenvalue weighted by molar-refractivity contribution is -0.135. The van der Waals surface area contributed by atoms with Gasteiger partial charge in [-0.3, -0.25) is 33.5 Å². The van der Waals surface area contributed by atoms with E-state index in [4.69, 9.17) is 10.4 Å². The zero-order valence-corrected chi connectivity index (χ0v) is 29.2. The highest BCUT2D eigenvalue weighted by molar-refractivity contribution is 6.03. The second kappa shape index (κ2) is 14.0. The molecule has 5 aromatic rings. The van der Waals surface area contributed by atoms with Crippen molar-refractivity contribution in [1.29, 1.82) is 5.26 Å². The van der Waals surface area contributed by atoms with Gasteiger partial charge in [-0.1, -0.05) is 18.2 Å². The third kappa shape index (κ3) is 6.59. The van der Waals surface area contributed by atoms with Gasteiger partial charge in [0, 0.05) is 44.1 Å². The molecule has 8 rings (SSSR count). The zero-order chi connectivity index (χ0) is 36.8. The Balaban J connectivity index is 0.878. The molecule has 3 aliphatic rings. The number of benzene rings is 1. The van der Waals surface area contributed by atoms with Crippen molar-refractivity contribution >= 4 is 45.5 Å². The minimum atomic E-state index is -1.11. The predicted octanol–water partition coefficient (Wildman–Crippen LogP) is 4.14. The Morgan fingerprint density at radius 2 is 1.89 bits per heavy atom. The molecule has 53 heavy (non-hydrogen) atoms. The van der Waals surface area contributed by atoms with Crippen LogP contribution in [0, 0.1) is 17.2 Å². The van der Waals surface area contributed by atoms with Gasteiger partial charge in [0.05, 0.1) is 23.3 Å². The number of imidazole rings is 1. The molecule has 4 aromatic heterocycles. The molecule has 0 bridgehead atoms. The number of amides is 3. The smallest absolute Gasteiger partial charge is 0.305 e. The van der Waals surface area contributed by atoms with E-state index in [9.17, 15) is 19.2 Å². The number of aromatic nitrogens is 6. The van der Waals surface area contributed by atoms with E-state index in [0.29, 0.717) is 35.7 Å². The minimum absolute atomic E-state index is 0.134. The largest absolute Gasteiger partial charge is 0.329 e. The van der Waals surface area contributed by atoms with Gasteiger partial charge in [-0.25, -0.2) is 19.2 Å². The van der Waals surface area contributed by atoms with Gasteiger partial charge in [-0.15, -0.1) is 0 Å². The molecule has 0 spiro atoms. The highest BCUT2D eigenvalue weighted by Gasteiger charge is 2.36. The van der Waals surface area contributed by atoms with Crippen molar-refractivity contribution in [2.45, 2.75) is 69.1 Å². The second-order valence-corrected chi connectivity index (χ2v) is 14.5. The first kappa shape index (κ1) is 34.3. The average Bonchev–Trinajstić information content (AvgIpc) is 3.70. The standard InChI is InChI=1S/C38H39FN10O4/c1-46-35-27(5-3-7-31(35)49(38(46)53)32-12-13-34(50)44-37(32)52)26-14-15-47(21-28(26)39)19-22-8-10-25(11-9-22)48-20-23-16-33(41-18-30(23)45-48)43-36(51)29-6-2-4-24(17-40)42-29/h2-7,16,18,20,22,25-26,28,32H,8-15,19,21H2,1H3,(H,43,51)(H,44,50,52)/t22?,25?,26-,28-,32?/m1/s1. The van der Waals surface area contributed by atoms with E-state index in [2.05, 4.69) is 25.5 Å². The SMILES string of the molecule is Cn1c(=O)n(C2CCC(=O)NC2=O)c2cccc([C@H]3CCN(CC4CCC(n5cc6cc(NC(=O)c7cccc(C#N)n7)ncc6n5)CC4)C[C@H]3F)c21. The molecule has 6 heterocycles. The lowest BCUT2D eigenvalue weighted by Gasteiger charge is -2.38. The monoisotopic (exact) mass is 718 g/mol. The first-order valence-corrected chi connectivity index (χ1v) is 18.1. The lowest BCUT2D eigenvalue weighted by atomic mass is 9.83. The minimum Gasteiger partial charge on any atom is -0.305 e. The number of alkyl halides is 1. The molecule has 15 heteroatoms. The van der Waals surface area contributed by atoms with Crippen molar-refractivity contribution in [2.24, 2.45) is 13.0 Å². The number of nitrogens with one attached hydrogen (secondary N) is 2. The summed E-state index contributed by atoms with van der Waals surface area (Å²) in [7, 11) is 1.66. The Hall–Kier alpha value is -5.75. The number of piperidine rings is 2. The fourth-order valence-corrected chi connectivity index (χ4v) is 8.44. The zero-order valence-electron chi connectivity index (χ0n) is 29.2. The van der Waals surface area contributed by atoms with Gasteiger partial charge in [0.25, 0.3) is 5.91 Å². The Morgan fingerprint density at radius 1 is 1.08 bits per heavy atom. The number of carbonyl (C=O) groups is 3. The number of carbonyl (C=O) groups excluding carboxylic acids is 3. The Bertz CT molecular complexity index is 2350. The Labute approximate surface area is 303 Å². The number of nitrogens with zero attached hydrogens (tertiary/aromatic N) is 8. The van der Waals surface area contributed by atoms with Crippen LogP contribution in [-0.2, 0) is 16.6 Å². The van der Waals surface area contributed by atoms with Gasteiger partial charge < -0.3 is 10.2 Å². The lowest BCUT2D eigenvalue weighted by Crippen LogP contribution is -2.44. The number of nitriles is 1. The number of pyridine rings is 2. The van der Waals surface area contributed by atoms with E-state index >= 15 is 4.39 Å². The molecule has 1 aliphatic carbocycles.